The highest BCUT2D eigenvalue weighted by Crippen LogP contribution is 2.50. The summed E-state index contributed by atoms with van der Waals surface area (Å²) in [7, 11) is 0. The van der Waals surface area contributed by atoms with E-state index in [-0.39, 0.29) is 5.60 Å². The van der Waals surface area contributed by atoms with Crippen molar-refractivity contribution < 1.29 is 9.84 Å². The van der Waals surface area contributed by atoms with E-state index in [1.54, 1.807) is 6.07 Å². The quantitative estimate of drug-likeness (QED) is 0.657. The molecule has 0 aromatic heterocycles. The SMILES string of the molecule is Oc1ccc2c(c1)COC21CCC1. The van der Waals surface area contributed by atoms with Gasteiger partial charge in [0.1, 0.15) is 5.75 Å². The summed E-state index contributed by atoms with van der Waals surface area (Å²) >= 11 is 0. The highest BCUT2D eigenvalue weighted by molar-refractivity contribution is 5.41. The maximum Gasteiger partial charge on any atom is 0.115 e. The van der Waals surface area contributed by atoms with Crippen molar-refractivity contribution >= 4 is 0 Å². The van der Waals surface area contributed by atoms with E-state index in [2.05, 4.69) is 0 Å². The van der Waals surface area contributed by atoms with Gasteiger partial charge in [0.2, 0.25) is 0 Å². The zero-order valence-corrected chi connectivity index (χ0v) is 7.42. The summed E-state index contributed by atoms with van der Waals surface area (Å²) in [6.45, 7) is 0.670. The van der Waals surface area contributed by atoms with Crippen LogP contribution in [0.2, 0.25) is 0 Å². The van der Waals surface area contributed by atoms with Gasteiger partial charge >= 0.3 is 0 Å². The molecule has 0 radical (unpaired) electrons. The van der Waals surface area contributed by atoms with Crippen LogP contribution in [-0.4, -0.2) is 5.11 Å². The van der Waals surface area contributed by atoms with Crippen LogP contribution < -0.4 is 0 Å². The Morgan fingerprint density at radius 3 is 2.85 bits per heavy atom. The summed E-state index contributed by atoms with van der Waals surface area (Å²) in [6.07, 6.45) is 3.55. The average molecular weight is 176 g/mol. The fourth-order valence-electron chi connectivity index (χ4n) is 2.35. The monoisotopic (exact) mass is 176 g/mol. The van der Waals surface area contributed by atoms with Crippen LogP contribution in [0.3, 0.4) is 0 Å². The highest BCUT2D eigenvalue weighted by Gasteiger charge is 2.44. The van der Waals surface area contributed by atoms with Gasteiger partial charge in [-0.3, -0.25) is 0 Å². The Morgan fingerprint density at radius 1 is 1.31 bits per heavy atom. The van der Waals surface area contributed by atoms with Gasteiger partial charge in [0.15, 0.2) is 0 Å². The van der Waals surface area contributed by atoms with Gasteiger partial charge in [0.05, 0.1) is 12.2 Å². The van der Waals surface area contributed by atoms with E-state index in [4.69, 9.17) is 4.74 Å². The summed E-state index contributed by atoms with van der Waals surface area (Å²) in [5, 5.41) is 9.30. The van der Waals surface area contributed by atoms with Gasteiger partial charge in [0, 0.05) is 0 Å². The van der Waals surface area contributed by atoms with Gasteiger partial charge in [-0.15, -0.1) is 0 Å². The van der Waals surface area contributed by atoms with Gasteiger partial charge in [-0.2, -0.15) is 0 Å². The van der Waals surface area contributed by atoms with Gasteiger partial charge in [-0.05, 0) is 42.5 Å². The fourth-order valence-corrected chi connectivity index (χ4v) is 2.35. The molecule has 1 fully saturated rings. The predicted octanol–water partition coefficient (Wildman–Crippen LogP) is 2.30. The molecule has 0 atom stereocenters. The summed E-state index contributed by atoms with van der Waals surface area (Å²) in [5.41, 5.74) is 2.50. The minimum absolute atomic E-state index is 0.0308. The molecule has 1 aromatic carbocycles. The normalized spacial score (nSPS) is 22.8. The number of phenols is 1. The van der Waals surface area contributed by atoms with E-state index in [1.165, 1.54) is 17.5 Å². The molecule has 2 heteroatoms. The van der Waals surface area contributed by atoms with Gasteiger partial charge in [-0.25, -0.2) is 0 Å². The third-order valence-corrected chi connectivity index (χ3v) is 3.24. The molecule has 0 saturated heterocycles. The number of hydrogen-bond acceptors (Lipinski definition) is 2. The minimum Gasteiger partial charge on any atom is -0.508 e. The van der Waals surface area contributed by atoms with Crippen LogP contribution in [-0.2, 0) is 16.9 Å². The molecule has 1 aliphatic carbocycles. The number of phenolic OH excluding ortho intramolecular Hbond substituents is 1. The van der Waals surface area contributed by atoms with E-state index in [1.807, 2.05) is 12.1 Å². The summed E-state index contributed by atoms with van der Waals surface area (Å²) in [6, 6.07) is 5.59. The number of rotatable bonds is 0. The first kappa shape index (κ1) is 7.39. The molecular formula is C11H12O2. The van der Waals surface area contributed by atoms with E-state index < -0.39 is 0 Å². The van der Waals surface area contributed by atoms with E-state index in [0.717, 1.165) is 12.8 Å². The number of benzene rings is 1. The molecule has 0 unspecified atom stereocenters. The van der Waals surface area contributed by atoms with Crippen LogP contribution in [0.25, 0.3) is 0 Å². The molecule has 0 bridgehead atoms. The first-order valence-corrected chi connectivity index (χ1v) is 4.77. The summed E-state index contributed by atoms with van der Waals surface area (Å²) < 4.78 is 5.79. The summed E-state index contributed by atoms with van der Waals surface area (Å²) in [4.78, 5) is 0. The standard InChI is InChI=1S/C11H12O2/c12-9-2-3-10-8(6-9)7-13-11(10)4-1-5-11/h2-3,6,12H,1,4-5,7H2. The lowest BCUT2D eigenvalue weighted by Gasteiger charge is -2.38. The zero-order chi connectivity index (χ0) is 8.89. The molecule has 1 heterocycles. The van der Waals surface area contributed by atoms with Crippen LogP contribution >= 0.6 is 0 Å². The van der Waals surface area contributed by atoms with Gasteiger partial charge in [-0.1, -0.05) is 6.07 Å². The molecular weight excluding hydrogens is 164 g/mol. The maximum absolute atomic E-state index is 9.30. The van der Waals surface area contributed by atoms with Crippen molar-refractivity contribution in [2.24, 2.45) is 0 Å². The van der Waals surface area contributed by atoms with Crippen molar-refractivity contribution in [3.05, 3.63) is 29.3 Å². The van der Waals surface area contributed by atoms with Crippen molar-refractivity contribution in [2.75, 3.05) is 0 Å². The van der Waals surface area contributed by atoms with Crippen LogP contribution in [0.1, 0.15) is 30.4 Å². The highest BCUT2D eigenvalue weighted by atomic mass is 16.5. The second kappa shape index (κ2) is 2.26. The first-order valence-electron chi connectivity index (χ1n) is 4.77. The number of fused-ring (bicyclic) bond motifs is 2. The Morgan fingerprint density at radius 2 is 2.15 bits per heavy atom. The van der Waals surface area contributed by atoms with Crippen molar-refractivity contribution in [3.63, 3.8) is 0 Å². The lowest BCUT2D eigenvalue weighted by molar-refractivity contribution is -0.0943. The van der Waals surface area contributed by atoms with Gasteiger partial charge in [0.25, 0.3) is 0 Å². The van der Waals surface area contributed by atoms with Crippen LogP contribution in [0.5, 0.6) is 5.75 Å². The first-order chi connectivity index (χ1) is 6.30. The largest absolute Gasteiger partial charge is 0.508 e. The minimum atomic E-state index is 0.0308. The third-order valence-electron chi connectivity index (χ3n) is 3.24. The molecule has 0 amide bonds. The Hall–Kier alpha value is -1.02. The molecule has 1 saturated carbocycles. The molecule has 1 aliphatic heterocycles. The molecule has 1 N–H and O–H groups in total. The second-order valence-corrected chi connectivity index (χ2v) is 3.98. The van der Waals surface area contributed by atoms with Crippen molar-refractivity contribution in [1.82, 2.24) is 0 Å². The molecule has 13 heavy (non-hydrogen) atoms. The van der Waals surface area contributed by atoms with Crippen molar-refractivity contribution in [1.29, 1.82) is 0 Å². The molecule has 2 nitrogen and oxygen atoms in total. The van der Waals surface area contributed by atoms with Crippen LogP contribution in [0, 0.1) is 0 Å². The Kier molecular flexibility index (Phi) is 1.29. The molecule has 1 aromatic rings. The van der Waals surface area contributed by atoms with Crippen molar-refractivity contribution in [3.8, 4) is 5.75 Å². The summed E-state index contributed by atoms with van der Waals surface area (Å²) in [5.74, 6) is 0.346. The number of aromatic hydroxyl groups is 1. The number of ether oxygens (including phenoxy) is 1. The van der Waals surface area contributed by atoms with E-state index in [9.17, 15) is 5.11 Å². The van der Waals surface area contributed by atoms with E-state index in [0.29, 0.717) is 12.4 Å². The zero-order valence-electron chi connectivity index (χ0n) is 7.42. The molecule has 68 valence electrons. The molecule has 1 spiro atoms. The smallest absolute Gasteiger partial charge is 0.115 e. The lowest BCUT2D eigenvalue weighted by atomic mass is 9.75. The second-order valence-electron chi connectivity index (χ2n) is 3.98. The Labute approximate surface area is 77.2 Å². The maximum atomic E-state index is 9.30. The predicted molar refractivity (Wildman–Crippen MR) is 48.4 cm³/mol. The van der Waals surface area contributed by atoms with Crippen LogP contribution in [0.4, 0.5) is 0 Å². The number of hydrogen-bond donors (Lipinski definition) is 1. The average Bonchev–Trinajstić information content (AvgIpc) is 2.41. The van der Waals surface area contributed by atoms with Crippen LogP contribution in [0.15, 0.2) is 18.2 Å². The van der Waals surface area contributed by atoms with E-state index >= 15 is 0 Å². The third kappa shape index (κ3) is 0.866. The topological polar surface area (TPSA) is 29.5 Å². The molecule has 3 rings (SSSR count). The Balaban J connectivity index is 2.11. The fraction of sp³-hybridized carbons (Fsp3) is 0.455. The van der Waals surface area contributed by atoms with Gasteiger partial charge < -0.3 is 9.84 Å². The lowest BCUT2D eigenvalue weighted by Crippen LogP contribution is -2.33. The molecule has 2 aliphatic rings. The Bertz CT molecular complexity index is 353. The van der Waals surface area contributed by atoms with Crippen molar-refractivity contribution in [2.45, 2.75) is 31.5 Å².